The van der Waals surface area contributed by atoms with Crippen LogP contribution in [0.1, 0.15) is 43.4 Å². The second-order valence-electron chi connectivity index (χ2n) is 7.67. The molecule has 142 valence electrons. The molecule has 3 nitrogen and oxygen atoms in total. The van der Waals surface area contributed by atoms with E-state index in [9.17, 15) is 4.79 Å². The smallest absolute Gasteiger partial charge is 0.308 e. The van der Waals surface area contributed by atoms with Crippen molar-refractivity contribution < 1.29 is 9.53 Å². The van der Waals surface area contributed by atoms with Crippen LogP contribution < -0.4 is 4.74 Å². The predicted octanol–water partition coefficient (Wildman–Crippen LogP) is 6.20. The Morgan fingerprint density at radius 1 is 1.04 bits per heavy atom. The predicted molar refractivity (Wildman–Crippen MR) is 115 cm³/mol. The number of fused-ring (bicyclic) bond motifs is 3. The molecule has 4 aromatic rings. The molecule has 0 radical (unpaired) electrons. The Bertz CT molecular complexity index is 1170. The van der Waals surface area contributed by atoms with E-state index in [0.717, 1.165) is 23.2 Å². The molecule has 3 heteroatoms. The fourth-order valence-electron chi connectivity index (χ4n) is 4.17. The van der Waals surface area contributed by atoms with E-state index in [2.05, 4.69) is 73.9 Å². The van der Waals surface area contributed by atoms with Crippen molar-refractivity contribution >= 4 is 27.8 Å². The van der Waals surface area contributed by atoms with E-state index < -0.39 is 0 Å². The van der Waals surface area contributed by atoms with Crippen LogP contribution in [0.15, 0.2) is 60.7 Å². The summed E-state index contributed by atoms with van der Waals surface area (Å²) in [6.45, 7) is 8.64. The lowest BCUT2D eigenvalue weighted by Gasteiger charge is -2.18. The van der Waals surface area contributed by atoms with Gasteiger partial charge in [0.15, 0.2) is 0 Å². The number of carbonyl (C=O) groups excluding carboxylic acids is 1. The van der Waals surface area contributed by atoms with Crippen LogP contribution in [0.2, 0.25) is 0 Å². The number of para-hydroxylation sites is 1. The summed E-state index contributed by atoms with van der Waals surface area (Å²) in [5.41, 5.74) is 5.82. The van der Waals surface area contributed by atoms with Gasteiger partial charge in [0, 0.05) is 35.3 Å². The number of carbonyl (C=O) groups is 1. The summed E-state index contributed by atoms with van der Waals surface area (Å²) >= 11 is 0. The first kappa shape index (κ1) is 18.3. The van der Waals surface area contributed by atoms with Gasteiger partial charge in [0.25, 0.3) is 0 Å². The lowest BCUT2D eigenvalue weighted by Crippen LogP contribution is -2.08. The molecule has 0 spiro atoms. The number of benzene rings is 3. The Morgan fingerprint density at radius 3 is 2.39 bits per heavy atom. The molecular weight excluding hydrogens is 346 g/mol. The number of esters is 1. The van der Waals surface area contributed by atoms with Crippen molar-refractivity contribution in [3.8, 4) is 5.75 Å². The number of aryl methyl sites for hydroxylation is 1. The number of hydrogen-bond acceptors (Lipinski definition) is 2. The van der Waals surface area contributed by atoms with Gasteiger partial charge in [-0.25, -0.2) is 0 Å². The van der Waals surface area contributed by atoms with Gasteiger partial charge in [-0.2, -0.15) is 0 Å². The van der Waals surface area contributed by atoms with E-state index >= 15 is 0 Å². The lowest BCUT2D eigenvalue weighted by atomic mass is 9.95. The molecule has 1 aromatic heterocycles. The molecule has 3 aromatic carbocycles. The first-order chi connectivity index (χ1) is 13.5. The van der Waals surface area contributed by atoms with Crippen molar-refractivity contribution in [1.82, 2.24) is 4.57 Å². The van der Waals surface area contributed by atoms with Crippen molar-refractivity contribution in [3.63, 3.8) is 0 Å². The van der Waals surface area contributed by atoms with Gasteiger partial charge in [-0.3, -0.25) is 4.79 Å². The van der Waals surface area contributed by atoms with E-state index in [1.165, 1.54) is 28.8 Å². The molecule has 0 N–H and O–H groups in total. The maximum absolute atomic E-state index is 11.8. The van der Waals surface area contributed by atoms with Gasteiger partial charge >= 0.3 is 5.97 Å². The maximum atomic E-state index is 11.8. The zero-order valence-electron chi connectivity index (χ0n) is 16.8. The quantitative estimate of drug-likeness (QED) is 0.316. The minimum atomic E-state index is -0.286. The summed E-state index contributed by atoms with van der Waals surface area (Å²) in [5, 5.41) is 2.48. The van der Waals surface area contributed by atoms with Crippen LogP contribution in [0.4, 0.5) is 0 Å². The SMILES string of the molecule is CC(=O)Oc1cc(C)c2c3ccccc3n(Cc3ccccc3)c2c1C(C)C. The highest BCUT2D eigenvalue weighted by Crippen LogP contribution is 2.41. The minimum Gasteiger partial charge on any atom is -0.426 e. The summed E-state index contributed by atoms with van der Waals surface area (Å²) in [6.07, 6.45) is 0. The second kappa shape index (κ2) is 7.16. The largest absolute Gasteiger partial charge is 0.426 e. The molecule has 28 heavy (non-hydrogen) atoms. The van der Waals surface area contributed by atoms with Gasteiger partial charge < -0.3 is 9.30 Å². The fraction of sp³-hybridized carbons (Fsp3) is 0.240. The third-order valence-corrected chi connectivity index (χ3v) is 5.25. The monoisotopic (exact) mass is 371 g/mol. The third-order valence-electron chi connectivity index (χ3n) is 5.25. The maximum Gasteiger partial charge on any atom is 0.308 e. The molecule has 0 aliphatic heterocycles. The van der Waals surface area contributed by atoms with Crippen LogP contribution in [0.3, 0.4) is 0 Å². The fourth-order valence-corrected chi connectivity index (χ4v) is 4.17. The highest BCUT2D eigenvalue weighted by molar-refractivity contribution is 6.11. The van der Waals surface area contributed by atoms with Crippen molar-refractivity contribution in [1.29, 1.82) is 0 Å². The van der Waals surface area contributed by atoms with Crippen LogP contribution in [-0.4, -0.2) is 10.5 Å². The number of aromatic nitrogens is 1. The van der Waals surface area contributed by atoms with Gasteiger partial charge in [-0.05, 0) is 36.1 Å². The average Bonchev–Trinajstić information content (AvgIpc) is 2.97. The highest BCUT2D eigenvalue weighted by atomic mass is 16.5. The van der Waals surface area contributed by atoms with Crippen molar-refractivity contribution in [2.75, 3.05) is 0 Å². The van der Waals surface area contributed by atoms with Crippen LogP contribution in [0.25, 0.3) is 21.8 Å². The topological polar surface area (TPSA) is 31.2 Å². The van der Waals surface area contributed by atoms with E-state index in [4.69, 9.17) is 4.74 Å². The highest BCUT2D eigenvalue weighted by Gasteiger charge is 2.22. The van der Waals surface area contributed by atoms with Crippen LogP contribution in [-0.2, 0) is 11.3 Å². The summed E-state index contributed by atoms with van der Waals surface area (Å²) in [5.74, 6) is 0.604. The van der Waals surface area contributed by atoms with Crippen LogP contribution in [0, 0.1) is 6.92 Å². The van der Waals surface area contributed by atoms with Gasteiger partial charge in [0.1, 0.15) is 5.75 Å². The van der Waals surface area contributed by atoms with Crippen molar-refractivity contribution in [3.05, 3.63) is 77.4 Å². The summed E-state index contributed by atoms with van der Waals surface area (Å²) in [4.78, 5) is 11.8. The molecular formula is C25H25NO2. The van der Waals surface area contributed by atoms with E-state index in [0.29, 0.717) is 5.75 Å². The molecule has 4 rings (SSSR count). The van der Waals surface area contributed by atoms with Crippen LogP contribution in [0.5, 0.6) is 5.75 Å². The number of hydrogen-bond donors (Lipinski definition) is 0. The Morgan fingerprint density at radius 2 is 1.71 bits per heavy atom. The molecule has 0 aliphatic rings. The van der Waals surface area contributed by atoms with Crippen molar-refractivity contribution in [2.45, 2.75) is 40.2 Å². The van der Waals surface area contributed by atoms with Gasteiger partial charge in [0.2, 0.25) is 0 Å². The Hall–Kier alpha value is -3.07. The molecule has 0 saturated carbocycles. The minimum absolute atomic E-state index is 0.219. The molecule has 1 heterocycles. The van der Waals surface area contributed by atoms with Crippen molar-refractivity contribution in [2.24, 2.45) is 0 Å². The van der Waals surface area contributed by atoms with E-state index in [-0.39, 0.29) is 11.9 Å². The Kier molecular flexibility index (Phi) is 4.68. The summed E-state index contributed by atoms with van der Waals surface area (Å²) in [7, 11) is 0. The van der Waals surface area contributed by atoms with E-state index in [1.807, 2.05) is 12.1 Å². The summed E-state index contributed by atoms with van der Waals surface area (Å²) < 4.78 is 8.01. The summed E-state index contributed by atoms with van der Waals surface area (Å²) in [6, 6.07) is 21.0. The molecule has 0 amide bonds. The molecule has 0 aliphatic carbocycles. The van der Waals surface area contributed by atoms with E-state index in [1.54, 1.807) is 0 Å². The molecule has 0 unspecified atom stereocenters. The Balaban J connectivity index is 2.12. The van der Waals surface area contributed by atoms with Gasteiger partial charge in [-0.1, -0.05) is 62.4 Å². The molecule has 0 bridgehead atoms. The zero-order chi connectivity index (χ0) is 19.8. The standard InChI is InChI=1S/C25H25NO2/c1-16(2)23-22(28-18(4)27)14-17(3)24-20-12-8-9-13-21(20)26(25(23)24)15-19-10-6-5-7-11-19/h5-14,16H,15H2,1-4H3. The average molecular weight is 371 g/mol. The second-order valence-corrected chi connectivity index (χ2v) is 7.67. The normalized spacial score (nSPS) is 11.5. The first-order valence-corrected chi connectivity index (χ1v) is 9.74. The van der Waals surface area contributed by atoms with Gasteiger partial charge in [-0.15, -0.1) is 0 Å². The number of nitrogens with zero attached hydrogens (tertiary/aromatic N) is 1. The third kappa shape index (κ3) is 3.07. The Labute approximate surface area is 165 Å². The first-order valence-electron chi connectivity index (χ1n) is 9.74. The van der Waals surface area contributed by atoms with Crippen LogP contribution >= 0.6 is 0 Å². The zero-order valence-corrected chi connectivity index (χ0v) is 16.8. The number of rotatable bonds is 4. The van der Waals surface area contributed by atoms with Gasteiger partial charge in [0.05, 0.1) is 5.52 Å². The lowest BCUT2D eigenvalue weighted by molar-refractivity contribution is -0.131. The molecule has 0 saturated heterocycles. The molecule has 0 atom stereocenters. The molecule has 0 fully saturated rings. The number of ether oxygens (including phenoxy) is 1.